The number of ether oxygens (including phenoxy) is 4. The number of thioether (sulfide) groups is 1. The van der Waals surface area contributed by atoms with Gasteiger partial charge in [-0.15, -0.1) is 11.8 Å². The molecular formula is C16H25NO8S. The Balaban J connectivity index is 3.22. The summed E-state index contributed by atoms with van der Waals surface area (Å²) in [5.41, 5.74) is -0.583. The van der Waals surface area contributed by atoms with Gasteiger partial charge >= 0.3 is 17.9 Å². The number of hydrogen-bond donors (Lipinski definition) is 1. The van der Waals surface area contributed by atoms with Gasteiger partial charge in [-0.25, -0.2) is 0 Å². The molecule has 0 unspecified atom stereocenters. The van der Waals surface area contributed by atoms with Crippen molar-refractivity contribution in [2.24, 2.45) is 0 Å². The molecule has 1 saturated heterocycles. The second kappa shape index (κ2) is 10.4. The zero-order chi connectivity index (χ0) is 19.9. The maximum absolute atomic E-state index is 11.6. The topological polar surface area (TPSA) is 117 Å². The van der Waals surface area contributed by atoms with Crippen molar-refractivity contribution in [2.45, 2.75) is 64.4 Å². The van der Waals surface area contributed by atoms with E-state index in [-0.39, 0.29) is 12.5 Å². The molecule has 0 aromatic heterocycles. The van der Waals surface area contributed by atoms with Gasteiger partial charge in [-0.2, -0.15) is 0 Å². The summed E-state index contributed by atoms with van der Waals surface area (Å²) in [5.74, 6) is -1.44. The van der Waals surface area contributed by atoms with Gasteiger partial charge < -0.3 is 24.3 Å². The molecule has 1 heterocycles. The summed E-state index contributed by atoms with van der Waals surface area (Å²) in [5, 5.41) is 2.70. The number of hydrogen-bond acceptors (Lipinski definition) is 9. The Morgan fingerprint density at radius 3 is 2.00 bits per heavy atom. The van der Waals surface area contributed by atoms with Gasteiger partial charge in [0.25, 0.3) is 0 Å². The fraction of sp³-hybridized carbons (Fsp3) is 0.750. The van der Waals surface area contributed by atoms with Crippen LogP contribution >= 0.6 is 11.8 Å². The third kappa shape index (κ3) is 6.83. The van der Waals surface area contributed by atoms with Crippen molar-refractivity contribution >= 4 is 35.6 Å². The lowest BCUT2D eigenvalue weighted by Gasteiger charge is -2.45. The van der Waals surface area contributed by atoms with Gasteiger partial charge in [0.15, 0.2) is 12.2 Å². The van der Waals surface area contributed by atoms with Crippen LogP contribution in [-0.4, -0.2) is 66.0 Å². The molecule has 0 bridgehead atoms. The molecule has 0 radical (unpaired) electrons. The normalized spacial score (nSPS) is 28.0. The first kappa shape index (κ1) is 22.2. The first-order valence-corrected chi connectivity index (χ1v) is 9.22. The summed E-state index contributed by atoms with van der Waals surface area (Å²) >= 11 is 1.38. The summed E-state index contributed by atoms with van der Waals surface area (Å²) in [6.45, 7) is 6.70. The highest BCUT2D eigenvalue weighted by Gasteiger charge is 2.50. The lowest BCUT2D eigenvalue weighted by atomic mass is 9.97. The van der Waals surface area contributed by atoms with Crippen LogP contribution in [-0.2, 0) is 38.1 Å². The van der Waals surface area contributed by atoms with Crippen LogP contribution in [0.5, 0.6) is 0 Å². The molecule has 0 spiro atoms. The third-order valence-electron chi connectivity index (χ3n) is 3.40. The number of carbonyl (C=O) groups excluding carboxylic acids is 4. The van der Waals surface area contributed by atoms with Crippen LogP contribution in [0.25, 0.3) is 0 Å². The van der Waals surface area contributed by atoms with Crippen molar-refractivity contribution in [3.8, 4) is 0 Å². The molecule has 1 amide bonds. The molecule has 0 aromatic rings. The first-order valence-electron chi connectivity index (χ1n) is 8.17. The number of nitrogens with one attached hydrogen (secondary N) is 1. The molecule has 10 heteroatoms. The largest absolute Gasteiger partial charge is 0.463 e. The van der Waals surface area contributed by atoms with Crippen LogP contribution in [0.2, 0.25) is 0 Å². The van der Waals surface area contributed by atoms with Crippen LogP contribution in [0.4, 0.5) is 0 Å². The molecule has 0 aromatic carbocycles. The van der Waals surface area contributed by atoms with Crippen molar-refractivity contribution in [2.75, 3.05) is 12.4 Å². The van der Waals surface area contributed by atoms with E-state index in [1.807, 2.05) is 6.92 Å². The van der Waals surface area contributed by atoms with E-state index in [2.05, 4.69) is 5.32 Å². The van der Waals surface area contributed by atoms with Crippen molar-refractivity contribution < 1.29 is 38.1 Å². The van der Waals surface area contributed by atoms with E-state index in [4.69, 9.17) is 18.9 Å². The molecule has 0 saturated carbocycles. The number of rotatable bonds is 7. The van der Waals surface area contributed by atoms with Crippen LogP contribution in [0.3, 0.4) is 0 Å². The summed E-state index contributed by atoms with van der Waals surface area (Å²) in [6.07, 6.45) is -2.87. The quantitative estimate of drug-likeness (QED) is 0.486. The standard InChI is InChI=1S/C16H25NO8S/c1-6-26-16-13(17-8(2)18)15(24-11(5)21)14(23-10(4)20)12(25-16)7-22-9(3)19/h12-16H,6-7H2,1-5H3,(H,17,18)/t12-,13+,14+,15+,16+/m1/s1. The van der Waals surface area contributed by atoms with E-state index in [9.17, 15) is 19.2 Å². The molecule has 0 aliphatic carbocycles. The molecule has 1 fully saturated rings. The lowest BCUT2D eigenvalue weighted by Crippen LogP contribution is -2.65. The minimum atomic E-state index is -1.04. The SMILES string of the molecule is CCS[C@@H]1O[C@H](COC(C)=O)[C@H](OC(C)=O)[C@@H](OC(C)=O)[C@@H]1NC(C)=O. The van der Waals surface area contributed by atoms with Gasteiger partial charge in [0.05, 0.1) is 0 Å². The van der Waals surface area contributed by atoms with Crippen molar-refractivity contribution in [1.82, 2.24) is 5.32 Å². The van der Waals surface area contributed by atoms with E-state index in [0.29, 0.717) is 5.75 Å². The summed E-state index contributed by atoms with van der Waals surface area (Å²) in [6, 6.07) is -0.737. The second-order valence-corrected chi connectivity index (χ2v) is 7.05. The molecule has 9 nitrogen and oxygen atoms in total. The van der Waals surface area contributed by atoms with Crippen LogP contribution in [0.1, 0.15) is 34.6 Å². The predicted octanol–water partition coefficient (Wildman–Crippen LogP) is 0.396. The zero-order valence-electron chi connectivity index (χ0n) is 15.5. The average Bonchev–Trinajstić information content (AvgIpc) is 2.50. The molecule has 5 atom stereocenters. The van der Waals surface area contributed by atoms with Crippen LogP contribution in [0, 0.1) is 0 Å². The third-order valence-corrected chi connectivity index (χ3v) is 4.47. The van der Waals surface area contributed by atoms with E-state index in [0.717, 1.165) is 0 Å². The van der Waals surface area contributed by atoms with Crippen molar-refractivity contribution in [3.05, 3.63) is 0 Å². The van der Waals surface area contributed by atoms with E-state index in [1.165, 1.54) is 39.5 Å². The van der Waals surface area contributed by atoms with E-state index < -0.39 is 47.7 Å². The second-order valence-electron chi connectivity index (χ2n) is 5.68. The molecular weight excluding hydrogens is 366 g/mol. The summed E-state index contributed by atoms with van der Waals surface area (Å²) < 4.78 is 21.6. The highest BCUT2D eigenvalue weighted by Crippen LogP contribution is 2.32. The number of carbonyl (C=O) groups is 4. The van der Waals surface area contributed by atoms with Gasteiger partial charge in [0.1, 0.15) is 24.2 Å². The van der Waals surface area contributed by atoms with Crippen molar-refractivity contribution in [1.29, 1.82) is 0 Å². The highest BCUT2D eigenvalue weighted by atomic mass is 32.2. The van der Waals surface area contributed by atoms with Crippen LogP contribution in [0.15, 0.2) is 0 Å². The fourth-order valence-electron chi connectivity index (χ4n) is 2.60. The van der Waals surface area contributed by atoms with Gasteiger partial charge in [-0.05, 0) is 5.75 Å². The molecule has 1 aliphatic heterocycles. The maximum Gasteiger partial charge on any atom is 0.303 e. The average molecular weight is 391 g/mol. The molecule has 1 rings (SSSR count). The Bertz CT molecular complexity index is 540. The molecule has 148 valence electrons. The Kier molecular flexibility index (Phi) is 8.86. The van der Waals surface area contributed by atoms with Gasteiger partial charge in [-0.3, -0.25) is 19.2 Å². The minimum Gasteiger partial charge on any atom is -0.463 e. The fourth-order valence-corrected chi connectivity index (χ4v) is 3.58. The van der Waals surface area contributed by atoms with Gasteiger partial charge in [0, 0.05) is 27.7 Å². The van der Waals surface area contributed by atoms with Crippen molar-refractivity contribution in [3.63, 3.8) is 0 Å². The number of esters is 3. The minimum absolute atomic E-state index is 0.182. The maximum atomic E-state index is 11.6. The smallest absolute Gasteiger partial charge is 0.303 e. The predicted molar refractivity (Wildman–Crippen MR) is 92.1 cm³/mol. The summed E-state index contributed by atoms with van der Waals surface area (Å²) in [4.78, 5) is 45.9. The Morgan fingerprint density at radius 1 is 0.962 bits per heavy atom. The Labute approximate surface area is 156 Å². The van der Waals surface area contributed by atoms with Gasteiger partial charge in [-0.1, -0.05) is 6.92 Å². The molecule has 26 heavy (non-hydrogen) atoms. The monoisotopic (exact) mass is 391 g/mol. The molecule has 1 N–H and O–H groups in total. The summed E-state index contributed by atoms with van der Waals surface area (Å²) in [7, 11) is 0. The Morgan fingerprint density at radius 2 is 1.54 bits per heavy atom. The number of amides is 1. The highest BCUT2D eigenvalue weighted by molar-refractivity contribution is 7.99. The van der Waals surface area contributed by atoms with E-state index in [1.54, 1.807) is 0 Å². The van der Waals surface area contributed by atoms with Crippen LogP contribution < -0.4 is 5.32 Å². The lowest BCUT2D eigenvalue weighted by molar-refractivity contribution is -0.211. The zero-order valence-corrected chi connectivity index (χ0v) is 16.3. The molecule has 1 aliphatic rings. The van der Waals surface area contributed by atoms with Gasteiger partial charge in [0.2, 0.25) is 5.91 Å². The van der Waals surface area contributed by atoms with E-state index >= 15 is 0 Å². The Hall–Kier alpha value is -1.81. The first-order chi connectivity index (χ1) is 12.1.